The van der Waals surface area contributed by atoms with Crippen LogP contribution in [-0.2, 0) is 11.3 Å². The summed E-state index contributed by atoms with van der Waals surface area (Å²) in [4.78, 5) is 37.6. The Labute approximate surface area is 259 Å². The van der Waals surface area contributed by atoms with Crippen LogP contribution in [0.25, 0.3) is 0 Å². The molecule has 7 nitrogen and oxygen atoms in total. The molecule has 2 aromatic carbocycles. The zero-order valence-corrected chi connectivity index (χ0v) is 26.9. The molecule has 0 spiro atoms. The summed E-state index contributed by atoms with van der Waals surface area (Å²) >= 11 is 0. The number of amides is 2. The highest BCUT2D eigenvalue weighted by Crippen LogP contribution is 2.34. The van der Waals surface area contributed by atoms with Crippen molar-refractivity contribution in [1.82, 2.24) is 9.80 Å². The molecule has 0 atom stereocenters. The van der Waals surface area contributed by atoms with Crippen molar-refractivity contribution in [3.8, 4) is 5.75 Å². The molecule has 0 bridgehead atoms. The quantitative estimate of drug-likeness (QED) is 0.391. The number of aryl methyl sites for hydroxylation is 1. The Hall–Kier alpha value is -3.06. The molecule has 7 heteroatoms. The number of benzene rings is 2. The molecular weight excluding hydrogens is 536 g/mol. The van der Waals surface area contributed by atoms with Crippen molar-refractivity contribution in [2.75, 3.05) is 56.2 Å². The van der Waals surface area contributed by atoms with Gasteiger partial charge in [-0.1, -0.05) is 37.5 Å². The summed E-state index contributed by atoms with van der Waals surface area (Å²) in [6.45, 7) is 12.0. The molecule has 234 valence electrons. The number of rotatable bonds is 5. The zero-order chi connectivity index (χ0) is 30.3. The Morgan fingerprint density at radius 2 is 1.58 bits per heavy atom. The van der Waals surface area contributed by atoms with Crippen molar-refractivity contribution in [2.24, 2.45) is 5.92 Å². The van der Waals surface area contributed by atoms with Gasteiger partial charge in [-0.05, 0) is 88.6 Å². The lowest BCUT2D eigenvalue weighted by molar-refractivity contribution is -0.123. The van der Waals surface area contributed by atoms with Crippen LogP contribution in [-0.4, -0.2) is 74.0 Å². The van der Waals surface area contributed by atoms with Gasteiger partial charge in [-0.3, -0.25) is 14.5 Å². The normalized spacial score (nSPS) is 19.6. The smallest absolute Gasteiger partial charge is 0.258 e. The number of fused-ring (bicyclic) bond motifs is 1. The molecule has 3 aliphatic rings. The minimum absolute atomic E-state index is 0.0173. The highest BCUT2D eigenvalue weighted by Gasteiger charge is 2.31. The van der Waals surface area contributed by atoms with Gasteiger partial charge in [0.1, 0.15) is 5.75 Å². The van der Waals surface area contributed by atoms with E-state index in [1.807, 2.05) is 17.0 Å². The highest BCUT2D eigenvalue weighted by molar-refractivity contribution is 5.99. The van der Waals surface area contributed by atoms with Crippen molar-refractivity contribution in [1.29, 1.82) is 0 Å². The van der Waals surface area contributed by atoms with Crippen LogP contribution in [0.4, 0.5) is 11.4 Å². The molecule has 1 aliphatic carbocycles. The second-order valence-corrected chi connectivity index (χ2v) is 13.0. The molecule has 0 N–H and O–H groups in total. The number of carbonyl (C=O) groups is 2. The molecule has 1 saturated carbocycles. The van der Waals surface area contributed by atoms with Gasteiger partial charge >= 0.3 is 0 Å². The number of nitrogens with zero attached hydrogens (tertiary/aromatic N) is 4. The summed E-state index contributed by atoms with van der Waals surface area (Å²) in [6, 6.07) is 12.7. The fourth-order valence-corrected chi connectivity index (χ4v) is 7.29. The third-order valence-electron chi connectivity index (χ3n) is 9.81. The van der Waals surface area contributed by atoms with Crippen molar-refractivity contribution < 1.29 is 14.3 Å². The maximum atomic E-state index is 14.5. The lowest BCUT2D eigenvalue weighted by Gasteiger charge is -2.33. The van der Waals surface area contributed by atoms with Crippen molar-refractivity contribution in [3.05, 3.63) is 53.1 Å². The van der Waals surface area contributed by atoms with E-state index in [1.165, 1.54) is 25.7 Å². The van der Waals surface area contributed by atoms with Gasteiger partial charge in [0, 0.05) is 63.5 Å². The Morgan fingerprint density at radius 3 is 2.30 bits per heavy atom. The molecular formula is C36H52N4O3. The number of methoxy groups -OCH3 is 1. The lowest BCUT2D eigenvalue weighted by atomic mass is 9.87. The van der Waals surface area contributed by atoms with Crippen molar-refractivity contribution in [3.63, 3.8) is 0 Å². The molecule has 2 aromatic rings. The number of hydrogen-bond donors (Lipinski definition) is 0. The summed E-state index contributed by atoms with van der Waals surface area (Å²) in [7, 11) is 1.65. The minimum atomic E-state index is -0.0173. The fourth-order valence-electron chi connectivity index (χ4n) is 7.29. The van der Waals surface area contributed by atoms with E-state index < -0.39 is 0 Å². The molecule has 43 heavy (non-hydrogen) atoms. The SMILES string of the molecule is COc1ccc(N2CCCCC2)cc1C(=O)N1CCN(C(C)C)CCCN(C(=O)C2CCCCC2)c2c(C)cccc2C1. The van der Waals surface area contributed by atoms with Gasteiger partial charge in [-0.15, -0.1) is 0 Å². The Balaban J connectivity index is 1.53. The number of carbonyl (C=O) groups excluding carboxylic acids is 2. The number of ether oxygens (including phenoxy) is 1. The molecule has 2 amide bonds. The topological polar surface area (TPSA) is 56.3 Å². The number of piperidine rings is 1. The first-order valence-electron chi connectivity index (χ1n) is 16.7. The Morgan fingerprint density at radius 1 is 0.837 bits per heavy atom. The van der Waals surface area contributed by atoms with E-state index >= 15 is 0 Å². The Kier molecular flexibility index (Phi) is 10.7. The van der Waals surface area contributed by atoms with Gasteiger partial charge in [-0.2, -0.15) is 0 Å². The van der Waals surface area contributed by atoms with E-state index in [4.69, 9.17) is 4.74 Å². The van der Waals surface area contributed by atoms with Crippen LogP contribution >= 0.6 is 0 Å². The molecule has 0 aromatic heterocycles. The third kappa shape index (κ3) is 7.36. The minimum Gasteiger partial charge on any atom is -0.496 e. The summed E-state index contributed by atoms with van der Waals surface area (Å²) < 4.78 is 5.75. The second kappa shape index (κ2) is 14.6. The van der Waals surface area contributed by atoms with Gasteiger partial charge in [0.2, 0.25) is 5.91 Å². The molecule has 1 saturated heterocycles. The Bertz CT molecular complexity index is 1250. The first kappa shape index (κ1) is 31.4. The van der Waals surface area contributed by atoms with E-state index in [0.29, 0.717) is 37.0 Å². The van der Waals surface area contributed by atoms with E-state index in [-0.39, 0.29) is 17.7 Å². The van der Waals surface area contributed by atoms with Crippen molar-refractivity contribution >= 4 is 23.2 Å². The largest absolute Gasteiger partial charge is 0.496 e. The number of anilines is 2. The van der Waals surface area contributed by atoms with Crippen LogP contribution in [0.2, 0.25) is 0 Å². The standard InChI is InChI=1S/C36H52N4O3/c1-27(2)37-21-12-22-40(35(41)29-14-7-5-8-15-29)34-28(3)13-11-16-30(34)26-39(24-23-37)36(42)32-25-31(17-18-33(32)43-4)38-19-9-6-10-20-38/h11,13,16-18,25,27,29H,5-10,12,14-15,19-24,26H2,1-4H3. The monoisotopic (exact) mass is 588 g/mol. The highest BCUT2D eigenvalue weighted by atomic mass is 16.5. The lowest BCUT2D eigenvalue weighted by Crippen LogP contribution is -2.42. The number of para-hydroxylation sites is 1. The molecule has 5 rings (SSSR count). The van der Waals surface area contributed by atoms with Crippen LogP contribution < -0.4 is 14.5 Å². The molecule has 0 radical (unpaired) electrons. The molecule has 2 fully saturated rings. The third-order valence-corrected chi connectivity index (χ3v) is 9.81. The van der Waals surface area contributed by atoms with Crippen LogP contribution in [0.3, 0.4) is 0 Å². The van der Waals surface area contributed by atoms with Gasteiger partial charge in [0.25, 0.3) is 5.91 Å². The first-order chi connectivity index (χ1) is 20.9. The maximum absolute atomic E-state index is 14.5. The fraction of sp³-hybridized carbons (Fsp3) is 0.611. The molecule has 0 unspecified atom stereocenters. The van der Waals surface area contributed by atoms with E-state index in [0.717, 1.165) is 80.8 Å². The predicted molar refractivity (Wildman–Crippen MR) is 175 cm³/mol. The van der Waals surface area contributed by atoms with E-state index in [2.05, 4.69) is 59.7 Å². The summed E-state index contributed by atoms with van der Waals surface area (Å²) in [5.41, 5.74) is 4.84. The van der Waals surface area contributed by atoms with Gasteiger partial charge in [0.05, 0.1) is 18.4 Å². The average Bonchev–Trinajstić information content (AvgIpc) is 3.07. The van der Waals surface area contributed by atoms with Crippen LogP contribution in [0.1, 0.15) is 93.1 Å². The van der Waals surface area contributed by atoms with Crippen LogP contribution in [0.5, 0.6) is 5.75 Å². The predicted octanol–water partition coefficient (Wildman–Crippen LogP) is 6.66. The van der Waals surface area contributed by atoms with E-state index in [1.54, 1.807) is 7.11 Å². The summed E-state index contributed by atoms with van der Waals surface area (Å²) in [5, 5.41) is 0. The first-order valence-corrected chi connectivity index (χ1v) is 16.7. The van der Waals surface area contributed by atoms with Gasteiger partial charge in [0.15, 0.2) is 0 Å². The van der Waals surface area contributed by atoms with Gasteiger partial charge in [-0.25, -0.2) is 0 Å². The molecule has 2 aliphatic heterocycles. The van der Waals surface area contributed by atoms with Crippen LogP contribution in [0.15, 0.2) is 36.4 Å². The second-order valence-electron chi connectivity index (χ2n) is 13.0. The summed E-state index contributed by atoms with van der Waals surface area (Å²) in [5.74, 6) is 0.946. The average molecular weight is 589 g/mol. The summed E-state index contributed by atoms with van der Waals surface area (Å²) in [6.07, 6.45) is 9.97. The molecule has 2 heterocycles. The van der Waals surface area contributed by atoms with Crippen LogP contribution in [0, 0.1) is 12.8 Å². The van der Waals surface area contributed by atoms with Gasteiger partial charge < -0.3 is 19.4 Å². The van der Waals surface area contributed by atoms with E-state index in [9.17, 15) is 9.59 Å². The number of hydrogen-bond acceptors (Lipinski definition) is 5. The maximum Gasteiger partial charge on any atom is 0.258 e. The zero-order valence-electron chi connectivity index (χ0n) is 26.9. The van der Waals surface area contributed by atoms with Crippen molar-refractivity contribution in [2.45, 2.75) is 91.1 Å².